The highest BCUT2D eigenvalue weighted by Crippen LogP contribution is 2.18. The number of hydrogen-bond donors (Lipinski definition) is 2. The molecule has 0 fully saturated rings. The molecule has 104 valence electrons. The van der Waals surface area contributed by atoms with Crippen LogP contribution in [0.25, 0.3) is 0 Å². The van der Waals surface area contributed by atoms with Gasteiger partial charge in [-0.3, -0.25) is 4.79 Å². The first-order valence-corrected chi connectivity index (χ1v) is 5.93. The average Bonchev–Trinajstić information content (AvgIpc) is 2.98. The van der Waals surface area contributed by atoms with E-state index in [0.717, 1.165) is 0 Å². The minimum atomic E-state index is -1.04. The second-order valence-corrected chi connectivity index (χ2v) is 4.01. The van der Waals surface area contributed by atoms with Crippen LogP contribution in [0.1, 0.15) is 20.9 Å². The molecule has 0 spiro atoms. The number of nitrogens with zero attached hydrogens (tertiary/aromatic N) is 1. The van der Waals surface area contributed by atoms with Gasteiger partial charge in [-0.05, 0) is 36.4 Å². The third kappa shape index (κ3) is 2.86. The number of rotatable bonds is 5. The lowest BCUT2D eigenvalue weighted by atomic mass is 10.2. The molecule has 1 aromatic heterocycles. The molecular formula is C14H13NO5. The number of benzene rings is 1. The molecule has 20 heavy (non-hydrogen) atoms. The molecule has 0 saturated heterocycles. The maximum atomic E-state index is 12.2. The zero-order valence-electron chi connectivity index (χ0n) is 10.5. The first kappa shape index (κ1) is 13.8. The quantitative estimate of drug-likeness (QED) is 0.865. The van der Waals surface area contributed by atoms with Gasteiger partial charge in [-0.15, -0.1) is 0 Å². The van der Waals surface area contributed by atoms with Crippen molar-refractivity contribution in [1.29, 1.82) is 0 Å². The molecule has 0 aliphatic carbocycles. The molecular weight excluding hydrogens is 262 g/mol. The van der Waals surface area contributed by atoms with Gasteiger partial charge < -0.3 is 19.5 Å². The van der Waals surface area contributed by atoms with Gasteiger partial charge in [0.25, 0.3) is 5.91 Å². The molecule has 1 heterocycles. The molecule has 6 heteroatoms. The van der Waals surface area contributed by atoms with Crippen LogP contribution < -0.4 is 4.90 Å². The summed E-state index contributed by atoms with van der Waals surface area (Å²) < 4.78 is 5.04. The Hall–Kier alpha value is -2.60. The summed E-state index contributed by atoms with van der Waals surface area (Å²) in [4.78, 5) is 24.3. The molecule has 1 amide bonds. The third-order valence-corrected chi connectivity index (χ3v) is 2.73. The van der Waals surface area contributed by atoms with E-state index in [4.69, 9.17) is 14.6 Å². The summed E-state index contributed by atoms with van der Waals surface area (Å²) in [7, 11) is 0. The van der Waals surface area contributed by atoms with E-state index < -0.39 is 11.9 Å². The van der Waals surface area contributed by atoms with Crippen LogP contribution >= 0.6 is 0 Å². The largest absolute Gasteiger partial charge is 0.478 e. The van der Waals surface area contributed by atoms with E-state index >= 15 is 0 Å². The zero-order chi connectivity index (χ0) is 14.5. The van der Waals surface area contributed by atoms with Crippen molar-refractivity contribution in [3.8, 4) is 0 Å². The summed E-state index contributed by atoms with van der Waals surface area (Å²) >= 11 is 0. The lowest BCUT2D eigenvalue weighted by Gasteiger charge is -2.20. The van der Waals surface area contributed by atoms with Gasteiger partial charge in [0.15, 0.2) is 5.76 Å². The number of anilines is 1. The van der Waals surface area contributed by atoms with E-state index in [0.29, 0.717) is 5.69 Å². The molecule has 2 N–H and O–H groups in total. The number of furan rings is 1. The van der Waals surface area contributed by atoms with E-state index in [1.54, 1.807) is 6.07 Å². The van der Waals surface area contributed by atoms with Crippen molar-refractivity contribution in [3.63, 3.8) is 0 Å². The van der Waals surface area contributed by atoms with Crippen molar-refractivity contribution < 1.29 is 24.2 Å². The molecule has 2 rings (SSSR count). The van der Waals surface area contributed by atoms with Crippen molar-refractivity contribution in [2.75, 3.05) is 18.1 Å². The van der Waals surface area contributed by atoms with Crippen LogP contribution in [0.4, 0.5) is 5.69 Å². The van der Waals surface area contributed by atoms with Gasteiger partial charge in [0, 0.05) is 12.2 Å². The van der Waals surface area contributed by atoms with E-state index in [1.165, 1.54) is 41.5 Å². The molecule has 0 bridgehead atoms. The Bertz CT molecular complexity index is 589. The third-order valence-electron chi connectivity index (χ3n) is 2.73. The van der Waals surface area contributed by atoms with E-state index in [1.807, 2.05) is 0 Å². The van der Waals surface area contributed by atoms with Gasteiger partial charge >= 0.3 is 5.97 Å². The number of aliphatic hydroxyl groups is 1. The molecule has 1 aromatic carbocycles. The highest BCUT2D eigenvalue weighted by molar-refractivity contribution is 6.04. The summed E-state index contributed by atoms with van der Waals surface area (Å²) in [6, 6.07) is 8.95. The summed E-state index contributed by atoms with van der Waals surface area (Å²) in [5, 5.41) is 17.9. The van der Waals surface area contributed by atoms with Gasteiger partial charge in [-0.25, -0.2) is 4.79 Å². The Labute approximate surface area is 114 Å². The Morgan fingerprint density at radius 1 is 1.15 bits per heavy atom. The fraction of sp³-hybridized carbons (Fsp3) is 0.143. The minimum absolute atomic E-state index is 0.0892. The maximum absolute atomic E-state index is 12.2. The molecule has 0 atom stereocenters. The summed E-state index contributed by atoms with van der Waals surface area (Å²) in [5.74, 6) is -1.28. The molecule has 0 unspecified atom stereocenters. The Morgan fingerprint density at radius 3 is 2.35 bits per heavy atom. The number of carboxylic acids is 1. The maximum Gasteiger partial charge on any atom is 0.335 e. The molecule has 0 radical (unpaired) electrons. The second-order valence-electron chi connectivity index (χ2n) is 4.01. The van der Waals surface area contributed by atoms with Crippen molar-refractivity contribution in [2.45, 2.75) is 0 Å². The first-order valence-electron chi connectivity index (χ1n) is 5.93. The predicted octanol–water partition coefficient (Wildman–Crippen LogP) is 1.62. The molecule has 6 nitrogen and oxygen atoms in total. The van der Waals surface area contributed by atoms with Gasteiger partial charge in [0.1, 0.15) is 0 Å². The van der Waals surface area contributed by atoms with Crippen LogP contribution in [-0.4, -0.2) is 35.2 Å². The highest BCUT2D eigenvalue weighted by atomic mass is 16.4. The van der Waals surface area contributed by atoms with Crippen molar-refractivity contribution in [1.82, 2.24) is 0 Å². The van der Waals surface area contributed by atoms with Crippen LogP contribution in [0.5, 0.6) is 0 Å². The first-order chi connectivity index (χ1) is 9.63. The predicted molar refractivity (Wildman–Crippen MR) is 70.9 cm³/mol. The Balaban J connectivity index is 2.28. The fourth-order valence-electron chi connectivity index (χ4n) is 1.77. The number of aliphatic hydroxyl groups excluding tert-OH is 1. The van der Waals surface area contributed by atoms with Gasteiger partial charge in [-0.2, -0.15) is 0 Å². The topological polar surface area (TPSA) is 91.0 Å². The van der Waals surface area contributed by atoms with Crippen LogP contribution in [0.3, 0.4) is 0 Å². The standard InChI is InChI=1S/C14H13NO5/c16-8-7-15(13(17)12-2-1-9-20-12)11-5-3-10(4-6-11)14(18)19/h1-6,9,16H,7-8H2,(H,18,19). The molecule has 0 saturated carbocycles. The van der Waals surface area contributed by atoms with E-state index in [2.05, 4.69) is 0 Å². The average molecular weight is 275 g/mol. The summed E-state index contributed by atoms with van der Waals surface area (Å²) in [6.45, 7) is -0.126. The van der Waals surface area contributed by atoms with Crippen LogP contribution in [0, 0.1) is 0 Å². The zero-order valence-corrected chi connectivity index (χ0v) is 10.5. The van der Waals surface area contributed by atoms with Crippen LogP contribution in [0.15, 0.2) is 47.1 Å². The fourth-order valence-corrected chi connectivity index (χ4v) is 1.77. The lowest BCUT2D eigenvalue weighted by molar-refractivity contribution is 0.0696. The van der Waals surface area contributed by atoms with Crippen molar-refractivity contribution in [3.05, 3.63) is 54.0 Å². The second kappa shape index (κ2) is 6.03. The number of hydrogen-bond acceptors (Lipinski definition) is 4. The monoisotopic (exact) mass is 275 g/mol. The SMILES string of the molecule is O=C(O)c1ccc(N(CCO)C(=O)c2ccco2)cc1. The highest BCUT2D eigenvalue weighted by Gasteiger charge is 2.19. The molecule has 0 aliphatic rings. The Kier molecular flexibility index (Phi) is 4.17. The lowest BCUT2D eigenvalue weighted by Crippen LogP contribution is -2.33. The summed E-state index contributed by atoms with van der Waals surface area (Å²) in [5.41, 5.74) is 0.619. The van der Waals surface area contributed by atoms with Crippen LogP contribution in [0.2, 0.25) is 0 Å². The molecule has 2 aromatic rings. The van der Waals surface area contributed by atoms with Crippen molar-refractivity contribution in [2.24, 2.45) is 0 Å². The number of amides is 1. The number of carbonyl (C=O) groups excluding carboxylic acids is 1. The smallest absolute Gasteiger partial charge is 0.335 e. The summed E-state index contributed by atoms with van der Waals surface area (Å²) in [6.07, 6.45) is 1.39. The van der Waals surface area contributed by atoms with E-state index in [9.17, 15) is 9.59 Å². The van der Waals surface area contributed by atoms with Crippen LogP contribution in [-0.2, 0) is 0 Å². The number of carbonyl (C=O) groups is 2. The van der Waals surface area contributed by atoms with Crippen molar-refractivity contribution >= 4 is 17.6 Å². The Morgan fingerprint density at radius 2 is 1.85 bits per heavy atom. The molecule has 0 aliphatic heterocycles. The van der Waals surface area contributed by atoms with Gasteiger partial charge in [0.2, 0.25) is 0 Å². The minimum Gasteiger partial charge on any atom is -0.478 e. The number of carboxylic acid groups (broad SMARTS) is 1. The van der Waals surface area contributed by atoms with Gasteiger partial charge in [-0.1, -0.05) is 0 Å². The normalized spacial score (nSPS) is 10.2. The number of aromatic carboxylic acids is 1. The van der Waals surface area contributed by atoms with E-state index in [-0.39, 0.29) is 24.5 Å². The van der Waals surface area contributed by atoms with Gasteiger partial charge in [0.05, 0.1) is 18.4 Å².